The fraction of sp³-hybridized carbons (Fsp3) is 0.632. The molecule has 1 aliphatic rings. The average Bonchev–Trinajstić information content (AvgIpc) is 2.61. The third-order valence-electron chi connectivity index (χ3n) is 4.39. The van der Waals surface area contributed by atoms with Crippen LogP contribution in [0.25, 0.3) is 0 Å². The number of nitrogens with one attached hydrogen (secondary N) is 1. The summed E-state index contributed by atoms with van der Waals surface area (Å²) in [6.45, 7) is 11.1. The Morgan fingerprint density at radius 3 is 2.22 bits per heavy atom. The normalized spacial score (nSPS) is 16.4. The molecule has 7 nitrogen and oxygen atoms in total. The lowest BCUT2D eigenvalue weighted by Gasteiger charge is -2.35. The number of ether oxygens (including phenoxy) is 1. The van der Waals surface area contributed by atoms with Gasteiger partial charge in [-0.1, -0.05) is 19.1 Å². The summed E-state index contributed by atoms with van der Waals surface area (Å²) in [6.07, 6.45) is 0.585. The Bertz CT molecular complexity index is 718. The number of sulfonamides is 1. The Hall–Kier alpha value is -1.64. The number of hydrogen-bond donors (Lipinski definition) is 1. The molecule has 1 fully saturated rings. The Morgan fingerprint density at radius 1 is 1.11 bits per heavy atom. The third-order valence-corrected chi connectivity index (χ3v) is 5.86. The van der Waals surface area contributed by atoms with Gasteiger partial charge < -0.3 is 9.64 Å². The van der Waals surface area contributed by atoms with Gasteiger partial charge in [-0.05, 0) is 44.9 Å². The number of piperazine rings is 1. The quantitative estimate of drug-likeness (QED) is 0.795. The van der Waals surface area contributed by atoms with Gasteiger partial charge in [0.15, 0.2) is 0 Å². The van der Waals surface area contributed by atoms with E-state index in [1.54, 1.807) is 17.0 Å². The molecule has 0 bridgehead atoms. The molecule has 1 aromatic rings. The van der Waals surface area contributed by atoms with Crippen LogP contribution in [0.5, 0.6) is 0 Å². The van der Waals surface area contributed by atoms with Gasteiger partial charge in [0.05, 0.1) is 4.90 Å². The summed E-state index contributed by atoms with van der Waals surface area (Å²) in [5, 5.41) is 0. The lowest BCUT2D eigenvalue weighted by Crippen LogP contribution is -2.51. The van der Waals surface area contributed by atoms with Crippen molar-refractivity contribution in [3.05, 3.63) is 29.8 Å². The van der Waals surface area contributed by atoms with Crippen molar-refractivity contribution in [2.24, 2.45) is 0 Å². The zero-order valence-corrected chi connectivity index (χ0v) is 17.5. The molecule has 1 N–H and O–H groups in total. The van der Waals surface area contributed by atoms with Crippen LogP contribution in [0, 0.1) is 0 Å². The van der Waals surface area contributed by atoms with E-state index in [-0.39, 0.29) is 11.0 Å². The highest BCUT2D eigenvalue weighted by Gasteiger charge is 2.25. The monoisotopic (exact) mass is 397 g/mol. The van der Waals surface area contributed by atoms with Crippen LogP contribution in [-0.2, 0) is 21.2 Å². The molecular formula is C19H31N3O4S. The maximum Gasteiger partial charge on any atom is 0.410 e. The molecular weight excluding hydrogens is 366 g/mol. The Balaban J connectivity index is 1.75. The van der Waals surface area contributed by atoms with Crippen molar-refractivity contribution in [1.29, 1.82) is 0 Å². The summed E-state index contributed by atoms with van der Waals surface area (Å²) >= 11 is 0. The van der Waals surface area contributed by atoms with E-state index in [0.29, 0.717) is 39.3 Å². The maximum absolute atomic E-state index is 12.3. The number of aryl methyl sites for hydroxylation is 1. The Morgan fingerprint density at radius 2 is 1.70 bits per heavy atom. The second-order valence-corrected chi connectivity index (χ2v) is 9.47. The highest BCUT2D eigenvalue weighted by molar-refractivity contribution is 7.89. The van der Waals surface area contributed by atoms with E-state index in [1.807, 2.05) is 39.8 Å². The fourth-order valence-electron chi connectivity index (χ4n) is 2.81. The van der Waals surface area contributed by atoms with Crippen LogP contribution in [0.1, 0.15) is 33.3 Å². The maximum atomic E-state index is 12.3. The van der Waals surface area contributed by atoms with E-state index in [2.05, 4.69) is 9.62 Å². The van der Waals surface area contributed by atoms with Crippen LogP contribution < -0.4 is 4.72 Å². The molecule has 0 radical (unpaired) electrons. The molecule has 1 aromatic carbocycles. The number of rotatable bonds is 6. The second kappa shape index (κ2) is 9.03. The zero-order valence-electron chi connectivity index (χ0n) is 16.7. The molecule has 0 atom stereocenters. The minimum absolute atomic E-state index is 0.287. The number of benzene rings is 1. The Kier molecular flexibility index (Phi) is 7.25. The van der Waals surface area contributed by atoms with Gasteiger partial charge in [-0.2, -0.15) is 0 Å². The van der Waals surface area contributed by atoms with Crippen molar-refractivity contribution in [2.45, 2.75) is 44.6 Å². The summed E-state index contributed by atoms with van der Waals surface area (Å²) < 4.78 is 32.7. The Labute approximate surface area is 162 Å². The largest absolute Gasteiger partial charge is 0.444 e. The zero-order chi connectivity index (χ0) is 20.1. The molecule has 8 heteroatoms. The van der Waals surface area contributed by atoms with Gasteiger partial charge in [0.2, 0.25) is 10.0 Å². The first kappa shape index (κ1) is 21.7. The van der Waals surface area contributed by atoms with Gasteiger partial charge in [-0.25, -0.2) is 17.9 Å². The lowest BCUT2D eigenvalue weighted by molar-refractivity contribution is 0.0147. The van der Waals surface area contributed by atoms with Crippen LogP contribution in [0.15, 0.2) is 29.2 Å². The van der Waals surface area contributed by atoms with E-state index in [0.717, 1.165) is 12.0 Å². The first-order valence-electron chi connectivity index (χ1n) is 9.39. The predicted octanol–water partition coefficient (Wildman–Crippen LogP) is 2.08. The van der Waals surface area contributed by atoms with Crippen LogP contribution >= 0.6 is 0 Å². The molecule has 0 aromatic heterocycles. The van der Waals surface area contributed by atoms with E-state index in [4.69, 9.17) is 4.74 Å². The van der Waals surface area contributed by atoms with Gasteiger partial charge in [0.25, 0.3) is 0 Å². The molecule has 0 saturated carbocycles. The highest BCUT2D eigenvalue weighted by Crippen LogP contribution is 2.12. The topological polar surface area (TPSA) is 79.0 Å². The van der Waals surface area contributed by atoms with Crippen molar-refractivity contribution in [2.75, 3.05) is 39.3 Å². The number of carbonyl (C=O) groups excluding carboxylic acids is 1. The number of nitrogens with zero attached hydrogens (tertiary/aromatic N) is 2. The molecule has 1 amide bonds. The van der Waals surface area contributed by atoms with E-state index in [9.17, 15) is 13.2 Å². The second-order valence-electron chi connectivity index (χ2n) is 7.70. The minimum Gasteiger partial charge on any atom is -0.444 e. The van der Waals surface area contributed by atoms with Gasteiger partial charge in [-0.3, -0.25) is 4.90 Å². The van der Waals surface area contributed by atoms with Crippen molar-refractivity contribution in [3.63, 3.8) is 0 Å². The third kappa shape index (κ3) is 6.79. The molecule has 0 unspecified atom stereocenters. The summed E-state index contributed by atoms with van der Waals surface area (Å²) in [6, 6.07) is 6.95. The first-order chi connectivity index (χ1) is 12.6. The summed E-state index contributed by atoms with van der Waals surface area (Å²) in [5.41, 5.74) is 0.610. The molecule has 1 saturated heterocycles. The van der Waals surface area contributed by atoms with Crippen molar-refractivity contribution in [3.8, 4) is 0 Å². The molecule has 1 heterocycles. The van der Waals surface area contributed by atoms with Gasteiger partial charge in [0, 0.05) is 39.3 Å². The van der Waals surface area contributed by atoms with E-state index >= 15 is 0 Å². The number of amides is 1. The van der Waals surface area contributed by atoms with E-state index in [1.165, 1.54) is 0 Å². The van der Waals surface area contributed by atoms with Gasteiger partial charge in [0.1, 0.15) is 5.60 Å². The summed E-state index contributed by atoms with van der Waals surface area (Å²) in [4.78, 5) is 16.2. The van der Waals surface area contributed by atoms with Gasteiger partial charge >= 0.3 is 6.09 Å². The SMILES string of the molecule is CCc1ccc(S(=O)(=O)NCCN2CCN(C(=O)OC(C)(C)C)CC2)cc1. The van der Waals surface area contributed by atoms with Crippen molar-refractivity contribution >= 4 is 16.1 Å². The van der Waals surface area contributed by atoms with Crippen molar-refractivity contribution in [1.82, 2.24) is 14.5 Å². The van der Waals surface area contributed by atoms with Crippen molar-refractivity contribution < 1.29 is 17.9 Å². The van der Waals surface area contributed by atoms with Crippen LogP contribution in [0.2, 0.25) is 0 Å². The number of carbonyl (C=O) groups is 1. The molecule has 0 spiro atoms. The molecule has 0 aliphatic carbocycles. The smallest absolute Gasteiger partial charge is 0.410 e. The van der Waals surface area contributed by atoms with E-state index < -0.39 is 15.6 Å². The van der Waals surface area contributed by atoms with Gasteiger partial charge in [-0.15, -0.1) is 0 Å². The fourth-order valence-corrected chi connectivity index (χ4v) is 3.83. The summed E-state index contributed by atoms with van der Waals surface area (Å²) in [5.74, 6) is 0. The predicted molar refractivity (Wildman–Crippen MR) is 105 cm³/mol. The summed E-state index contributed by atoms with van der Waals surface area (Å²) in [7, 11) is -3.49. The molecule has 2 rings (SSSR count). The number of hydrogen-bond acceptors (Lipinski definition) is 5. The molecule has 152 valence electrons. The lowest BCUT2D eigenvalue weighted by atomic mass is 10.2. The standard InChI is InChI=1S/C19H31N3O4S/c1-5-16-6-8-17(9-7-16)27(24,25)20-10-11-21-12-14-22(15-13-21)18(23)26-19(2,3)4/h6-9,20H,5,10-15H2,1-4H3. The highest BCUT2D eigenvalue weighted by atomic mass is 32.2. The van der Waals surface area contributed by atoms with Crippen LogP contribution in [0.4, 0.5) is 4.79 Å². The van der Waals surface area contributed by atoms with Crippen LogP contribution in [0.3, 0.4) is 0 Å². The van der Waals surface area contributed by atoms with Crippen LogP contribution in [-0.4, -0.2) is 69.2 Å². The molecule has 1 aliphatic heterocycles. The first-order valence-corrected chi connectivity index (χ1v) is 10.9. The average molecular weight is 398 g/mol. The minimum atomic E-state index is -3.49. The molecule has 27 heavy (non-hydrogen) atoms.